The van der Waals surface area contributed by atoms with E-state index in [0.29, 0.717) is 0 Å². The Morgan fingerprint density at radius 2 is 1.88 bits per heavy atom. The Bertz CT molecular complexity index is 1240. The first-order chi connectivity index (χ1) is 12.8. The van der Waals surface area contributed by atoms with Gasteiger partial charge in [0.25, 0.3) is 0 Å². The predicted octanol–water partition coefficient (Wildman–Crippen LogP) is 5.42. The maximum Gasteiger partial charge on any atom is 0.141 e. The Labute approximate surface area is 157 Å². The van der Waals surface area contributed by atoms with E-state index in [1.165, 1.54) is 4.70 Å². The normalized spacial score (nSPS) is 11.3. The Morgan fingerprint density at radius 1 is 0.923 bits per heavy atom. The van der Waals surface area contributed by atoms with Crippen molar-refractivity contribution in [3.8, 4) is 10.4 Å². The first-order valence-corrected chi connectivity index (χ1v) is 9.74. The van der Waals surface area contributed by atoms with E-state index in [-0.39, 0.29) is 0 Å². The zero-order valence-corrected chi connectivity index (χ0v) is 15.4. The molecule has 0 spiro atoms. The van der Waals surface area contributed by atoms with Gasteiger partial charge in [0.05, 0.1) is 31.1 Å². The highest BCUT2D eigenvalue weighted by Gasteiger charge is 2.09. The Morgan fingerprint density at radius 3 is 2.77 bits per heavy atom. The van der Waals surface area contributed by atoms with Crippen molar-refractivity contribution in [3.05, 3.63) is 59.4 Å². The second kappa shape index (κ2) is 6.12. The molecule has 2 aromatic carbocycles. The standard InChI is InChI=1S/C19H13N5S2/c1-11-20-8-18(26-11)12-2-4-15-14(6-12)19(22-9-21-15)24-13-3-5-17-16(7-13)23-10-25-17/h2-10H,1H3,(H,21,22,24). The lowest BCUT2D eigenvalue weighted by Crippen LogP contribution is -1.96. The fraction of sp³-hybridized carbons (Fsp3) is 0.0526. The first kappa shape index (κ1) is 15.4. The third-order valence-corrected chi connectivity index (χ3v) is 5.91. The van der Waals surface area contributed by atoms with Crippen LogP contribution in [-0.2, 0) is 0 Å². The monoisotopic (exact) mass is 375 g/mol. The largest absolute Gasteiger partial charge is 0.340 e. The predicted molar refractivity (Wildman–Crippen MR) is 108 cm³/mol. The van der Waals surface area contributed by atoms with Crippen LogP contribution in [0.15, 0.2) is 54.4 Å². The van der Waals surface area contributed by atoms with Gasteiger partial charge in [-0.3, -0.25) is 0 Å². The average molecular weight is 375 g/mol. The molecule has 5 rings (SSSR count). The van der Waals surface area contributed by atoms with Crippen molar-refractivity contribution in [1.29, 1.82) is 0 Å². The molecule has 0 fully saturated rings. The zero-order valence-electron chi connectivity index (χ0n) is 13.8. The van der Waals surface area contributed by atoms with Gasteiger partial charge in [-0.05, 0) is 42.8 Å². The molecule has 5 aromatic rings. The third kappa shape index (κ3) is 2.71. The summed E-state index contributed by atoms with van der Waals surface area (Å²) in [5.74, 6) is 0.785. The molecule has 0 aliphatic carbocycles. The van der Waals surface area contributed by atoms with Gasteiger partial charge in [0.15, 0.2) is 0 Å². The summed E-state index contributed by atoms with van der Waals surface area (Å²) < 4.78 is 1.17. The smallest absolute Gasteiger partial charge is 0.141 e. The number of thiazole rings is 2. The van der Waals surface area contributed by atoms with Crippen LogP contribution in [0.2, 0.25) is 0 Å². The number of fused-ring (bicyclic) bond motifs is 2. The van der Waals surface area contributed by atoms with Crippen LogP contribution in [0.1, 0.15) is 5.01 Å². The van der Waals surface area contributed by atoms with Crippen LogP contribution in [0, 0.1) is 6.92 Å². The van der Waals surface area contributed by atoms with Crippen LogP contribution < -0.4 is 5.32 Å². The summed E-state index contributed by atoms with van der Waals surface area (Å²) in [5, 5.41) is 5.45. The van der Waals surface area contributed by atoms with E-state index in [2.05, 4.69) is 43.5 Å². The molecule has 0 aliphatic heterocycles. The fourth-order valence-electron chi connectivity index (χ4n) is 2.88. The van der Waals surface area contributed by atoms with Crippen molar-refractivity contribution < 1.29 is 0 Å². The van der Waals surface area contributed by atoms with Gasteiger partial charge >= 0.3 is 0 Å². The van der Waals surface area contributed by atoms with E-state index in [0.717, 1.165) is 43.4 Å². The van der Waals surface area contributed by atoms with E-state index in [9.17, 15) is 0 Å². The number of hydrogen-bond acceptors (Lipinski definition) is 7. The Balaban J connectivity index is 1.59. The van der Waals surface area contributed by atoms with Gasteiger partial charge in [0, 0.05) is 17.3 Å². The molecule has 26 heavy (non-hydrogen) atoms. The van der Waals surface area contributed by atoms with Gasteiger partial charge in [0.1, 0.15) is 12.1 Å². The van der Waals surface area contributed by atoms with Crippen LogP contribution in [-0.4, -0.2) is 19.9 Å². The molecule has 1 N–H and O–H groups in total. The van der Waals surface area contributed by atoms with E-state index in [1.54, 1.807) is 29.0 Å². The van der Waals surface area contributed by atoms with Gasteiger partial charge in [-0.2, -0.15) is 0 Å². The van der Waals surface area contributed by atoms with Crippen LogP contribution in [0.5, 0.6) is 0 Å². The minimum atomic E-state index is 0.785. The summed E-state index contributed by atoms with van der Waals surface area (Å²) in [6.07, 6.45) is 3.50. The molecule has 0 unspecified atom stereocenters. The molecule has 0 saturated heterocycles. The summed E-state index contributed by atoms with van der Waals surface area (Å²) in [7, 11) is 0. The first-order valence-electron chi connectivity index (χ1n) is 8.04. The fourth-order valence-corrected chi connectivity index (χ4v) is 4.31. The summed E-state index contributed by atoms with van der Waals surface area (Å²) >= 11 is 3.32. The average Bonchev–Trinajstić information content (AvgIpc) is 3.30. The number of benzene rings is 2. The summed E-state index contributed by atoms with van der Waals surface area (Å²) in [6, 6.07) is 12.4. The number of hydrogen-bond donors (Lipinski definition) is 1. The molecule has 126 valence electrons. The van der Waals surface area contributed by atoms with E-state index >= 15 is 0 Å². The molecular weight excluding hydrogens is 362 g/mol. The lowest BCUT2D eigenvalue weighted by molar-refractivity contribution is 1.22. The topological polar surface area (TPSA) is 63.6 Å². The number of nitrogens with one attached hydrogen (secondary N) is 1. The second-order valence-corrected chi connectivity index (χ2v) is 7.98. The SMILES string of the molecule is Cc1ncc(-c2ccc3ncnc(Nc4ccc5scnc5c4)c3c2)s1. The summed E-state index contributed by atoms with van der Waals surface area (Å²) in [5.41, 5.74) is 5.83. The molecule has 0 aliphatic rings. The maximum absolute atomic E-state index is 4.46. The molecule has 3 heterocycles. The van der Waals surface area contributed by atoms with Gasteiger partial charge < -0.3 is 5.32 Å². The van der Waals surface area contributed by atoms with E-state index < -0.39 is 0 Å². The summed E-state index contributed by atoms with van der Waals surface area (Å²) in [6.45, 7) is 2.01. The van der Waals surface area contributed by atoms with Crippen LogP contribution in [0.25, 0.3) is 31.6 Å². The van der Waals surface area contributed by atoms with Crippen LogP contribution in [0.4, 0.5) is 11.5 Å². The number of rotatable bonds is 3. The van der Waals surface area contributed by atoms with Crippen molar-refractivity contribution in [3.63, 3.8) is 0 Å². The van der Waals surface area contributed by atoms with Gasteiger partial charge in [-0.1, -0.05) is 6.07 Å². The molecule has 0 bridgehead atoms. The molecular formula is C19H13N5S2. The number of aryl methyl sites for hydroxylation is 1. The highest BCUT2D eigenvalue weighted by Crippen LogP contribution is 2.31. The molecule has 3 aromatic heterocycles. The highest BCUT2D eigenvalue weighted by atomic mass is 32.1. The van der Waals surface area contributed by atoms with Crippen molar-refractivity contribution in [2.45, 2.75) is 6.92 Å². The Kier molecular flexibility index (Phi) is 3.62. The lowest BCUT2D eigenvalue weighted by atomic mass is 10.1. The second-order valence-electron chi connectivity index (χ2n) is 5.86. The summed E-state index contributed by atoms with van der Waals surface area (Å²) in [4.78, 5) is 18.7. The number of aromatic nitrogens is 4. The van der Waals surface area contributed by atoms with Gasteiger partial charge in [-0.15, -0.1) is 22.7 Å². The lowest BCUT2D eigenvalue weighted by Gasteiger charge is -2.09. The number of anilines is 2. The maximum atomic E-state index is 4.46. The third-order valence-electron chi connectivity index (χ3n) is 4.13. The zero-order chi connectivity index (χ0) is 17.5. The number of nitrogens with zero attached hydrogens (tertiary/aromatic N) is 4. The molecule has 0 radical (unpaired) electrons. The quantitative estimate of drug-likeness (QED) is 0.456. The minimum Gasteiger partial charge on any atom is -0.340 e. The van der Waals surface area contributed by atoms with Crippen molar-refractivity contribution >= 4 is 55.3 Å². The van der Waals surface area contributed by atoms with Gasteiger partial charge in [-0.25, -0.2) is 19.9 Å². The van der Waals surface area contributed by atoms with E-state index in [4.69, 9.17) is 0 Å². The van der Waals surface area contributed by atoms with Crippen molar-refractivity contribution in [2.24, 2.45) is 0 Å². The molecule has 0 saturated carbocycles. The molecule has 0 amide bonds. The van der Waals surface area contributed by atoms with Crippen molar-refractivity contribution in [1.82, 2.24) is 19.9 Å². The van der Waals surface area contributed by atoms with E-state index in [1.807, 2.05) is 36.8 Å². The van der Waals surface area contributed by atoms with Gasteiger partial charge in [0.2, 0.25) is 0 Å². The van der Waals surface area contributed by atoms with Crippen LogP contribution >= 0.6 is 22.7 Å². The van der Waals surface area contributed by atoms with Crippen LogP contribution in [0.3, 0.4) is 0 Å². The molecule has 5 nitrogen and oxygen atoms in total. The highest BCUT2D eigenvalue weighted by molar-refractivity contribution is 7.16. The van der Waals surface area contributed by atoms with Crippen molar-refractivity contribution in [2.75, 3.05) is 5.32 Å². The molecule has 0 atom stereocenters. The molecule has 7 heteroatoms. The minimum absolute atomic E-state index is 0.785. The Hall–Kier alpha value is -2.90.